The first-order chi connectivity index (χ1) is 13.3. The molecule has 0 aliphatic carbocycles. The average Bonchev–Trinajstić information content (AvgIpc) is 3.25. The van der Waals surface area contributed by atoms with Gasteiger partial charge in [0.05, 0.1) is 17.1 Å². The summed E-state index contributed by atoms with van der Waals surface area (Å²) in [6.45, 7) is 2.92. The van der Waals surface area contributed by atoms with Gasteiger partial charge in [0.2, 0.25) is 5.95 Å². The van der Waals surface area contributed by atoms with E-state index in [1.807, 2.05) is 36.7 Å². The fraction of sp³-hybridized carbons (Fsp3) is 0.278. The smallest absolute Gasteiger partial charge is 0.360 e. The maximum atomic E-state index is 12.6. The highest BCUT2D eigenvalue weighted by atomic mass is 19.4. The Morgan fingerprint density at radius 1 is 1.18 bits per heavy atom. The number of H-pyrrole nitrogens is 1. The van der Waals surface area contributed by atoms with Crippen molar-refractivity contribution in [1.82, 2.24) is 24.7 Å². The average molecular weight is 389 g/mol. The zero-order chi connectivity index (χ0) is 19.9. The molecule has 0 saturated heterocycles. The minimum atomic E-state index is -4.34. The predicted molar refractivity (Wildman–Crippen MR) is 102 cm³/mol. The summed E-state index contributed by atoms with van der Waals surface area (Å²) in [4.78, 5) is 11.4. The molecule has 7 nitrogen and oxygen atoms in total. The van der Waals surface area contributed by atoms with E-state index >= 15 is 0 Å². The van der Waals surface area contributed by atoms with Gasteiger partial charge in [-0.05, 0) is 38.1 Å². The number of hydrogen-bond donors (Lipinski definition) is 3. The molecule has 0 amide bonds. The fourth-order valence-corrected chi connectivity index (χ4v) is 2.99. The molecule has 3 heterocycles. The predicted octanol–water partition coefficient (Wildman–Crippen LogP) is 4.61. The van der Waals surface area contributed by atoms with Gasteiger partial charge in [-0.25, -0.2) is 0 Å². The second kappa shape index (κ2) is 6.70. The van der Waals surface area contributed by atoms with Crippen LogP contribution in [0.15, 0.2) is 36.7 Å². The summed E-state index contributed by atoms with van der Waals surface area (Å²) in [6, 6.07) is 7.54. The van der Waals surface area contributed by atoms with Crippen LogP contribution in [0.25, 0.3) is 21.9 Å². The van der Waals surface area contributed by atoms with Gasteiger partial charge in [-0.2, -0.15) is 28.2 Å². The zero-order valence-electron chi connectivity index (χ0n) is 15.2. The molecule has 0 bridgehead atoms. The Balaban J connectivity index is 1.65. The van der Waals surface area contributed by atoms with E-state index < -0.39 is 12.7 Å². The number of anilines is 3. The van der Waals surface area contributed by atoms with Gasteiger partial charge in [-0.15, -0.1) is 0 Å². The molecule has 4 aromatic rings. The van der Waals surface area contributed by atoms with Crippen molar-refractivity contribution in [2.24, 2.45) is 0 Å². The lowest BCUT2D eigenvalue weighted by atomic mass is 10.2. The number of fused-ring (bicyclic) bond motifs is 2. The highest BCUT2D eigenvalue weighted by molar-refractivity contribution is 5.89. The van der Waals surface area contributed by atoms with Crippen LogP contribution in [0, 0.1) is 0 Å². The number of rotatable bonds is 5. The van der Waals surface area contributed by atoms with Gasteiger partial charge in [0, 0.05) is 23.3 Å². The number of alkyl halides is 3. The Morgan fingerprint density at radius 3 is 2.75 bits per heavy atom. The maximum absolute atomic E-state index is 12.6. The van der Waals surface area contributed by atoms with Crippen LogP contribution >= 0.6 is 0 Å². The molecule has 10 heteroatoms. The summed E-state index contributed by atoms with van der Waals surface area (Å²) in [6.07, 6.45) is -0.969. The van der Waals surface area contributed by atoms with Crippen molar-refractivity contribution in [3.63, 3.8) is 0 Å². The number of hydrogen-bond acceptors (Lipinski definition) is 5. The second-order valence-electron chi connectivity index (χ2n) is 6.69. The topological polar surface area (TPSA) is 83.5 Å². The molecule has 146 valence electrons. The first kappa shape index (κ1) is 18.1. The van der Waals surface area contributed by atoms with Crippen LogP contribution in [0.5, 0.6) is 0 Å². The van der Waals surface area contributed by atoms with Crippen molar-refractivity contribution in [3.8, 4) is 0 Å². The number of halogens is 3. The Bertz CT molecular complexity index is 1130. The minimum absolute atomic E-state index is 0.111. The van der Waals surface area contributed by atoms with E-state index in [0.29, 0.717) is 16.7 Å². The molecule has 3 N–H and O–H groups in total. The standard InChI is InChI=1S/C18H18F3N7/c1-10(2)28-14-4-3-12(7-11(14)8-24-28)25-17-26-15-13(5-6-22-15)16(27-17)23-9-18(19,20)21/h3-8,10H,9H2,1-2H3,(H3,22,23,25,26,27). The van der Waals surface area contributed by atoms with E-state index in [4.69, 9.17) is 0 Å². The largest absolute Gasteiger partial charge is 0.405 e. The molecule has 0 saturated carbocycles. The molecule has 3 aromatic heterocycles. The lowest BCUT2D eigenvalue weighted by Crippen LogP contribution is -2.22. The molecule has 28 heavy (non-hydrogen) atoms. The van der Waals surface area contributed by atoms with Crippen molar-refractivity contribution >= 4 is 39.4 Å². The van der Waals surface area contributed by atoms with Gasteiger partial charge in [0.1, 0.15) is 18.0 Å². The third-order valence-electron chi connectivity index (χ3n) is 4.21. The second-order valence-corrected chi connectivity index (χ2v) is 6.69. The van der Waals surface area contributed by atoms with Gasteiger partial charge in [0.25, 0.3) is 0 Å². The van der Waals surface area contributed by atoms with Crippen molar-refractivity contribution in [2.75, 3.05) is 17.2 Å². The van der Waals surface area contributed by atoms with Crippen LogP contribution in [0.2, 0.25) is 0 Å². The lowest BCUT2D eigenvalue weighted by Gasteiger charge is -2.12. The Labute approximate surface area is 158 Å². The molecular formula is C18H18F3N7. The molecule has 4 rings (SSSR count). The van der Waals surface area contributed by atoms with Gasteiger partial charge < -0.3 is 15.6 Å². The number of aromatic nitrogens is 5. The summed E-state index contributed by atoms with van der Waals surface area (Å²) < 4.78 is 39.7. The Hall–Kier alpha value is -3.30. The first-order valence-corrected chi connectivity index (χ1v) is 8.70. The van der Waals surface area contributed by atoms with Crippen molar-refractivity contribution in [1.29, 1.82) is 0 Å². The van der Waals surface area contributed by atoms with E-state index in [1.54, 1.807) is 18.5 Å². The summed E-state index contributed by atoms with van der Waals surface area (Å²) in [5, 5.41) is 11.2. The SMILES string of the molecule is CC(C)n1ncc2cc(Nc3nc(NCC(F)(F)F)c4cc[nH]c4n3)ccc21. The molecule has 0 unspecified atom stereocenters. The van der Waals surface area contributed by atoms with Gasteiger partial charge >= 0.3 is 6.18 Å². The summed E-state index contributed by atoms with van der Waals surface area (Å²) in [5.74, 6) is 0.301. The molecule has 1 aromatic carbocycles. The fourth-order valence-electron chi connectivity index (χ4n) is 2.99. The number of nitrogens with zero attached hydrogens (tertiary/aromatic N) is 4. The van der Waals surface area contributed by atoms with Crippen LogP contribution in [0.3, 0.4) is 0 Å². The Kier molecular flexibility index (Phi) is 4.33. The molecule has 0 fully saturated rings. The van der Waals surface area contributed by atoms with Crippen molar-refractivity contribution in [3.05, 3.63) is 36.7 Å². The number of aromatic amines is 1. The van der Waals surface area contributed by atoms with Crippen LogP contribution < -0.4 is 10.6 Å². The maximum Gasteiger partial charge on any atom is 0.405 e. The van der Waals surface area contributed by atoms with Gasteiger partial charge in [0.15, 0.2) is 0 Å². The highest BCUT2D eigenvalue weighted by Gasteiger charge is 2.27. The first-order valence-electron chi connectivity index (χ1n) is 8.70. The van der Waals surface area contributed by atoms with E-state index in [1.165, 1.54) is 0 Å². The van der Waals surface area contributed by atoms with E-state index in [0.717, 1.165) is 10.9 Å². The zero-order valence-corrected chi connectivity index (χ0v) is 15.2. The quantitative estimate of drug-likeness (QED) is 0.464. The highest BCUT2D eigenvalue weighted by Crippen LogP contribution is 2.26. The molecule has 0 aliphatic heterocycles. The third kappa shape index (κ3) is 3.57. The summed E-state index contributed by atoms with van der Waals surface area (Å²) in [5.41, 5.74) is 2.15. The monoisotopic (exact) mass is 389 g/mol. The Morgan fingerprint density at radius 2 is 2.00 bits per heavy atom. The van der Waals surface area contributed by atoms with E-state index in [2.05, 4.69) is 30.7 Å². The minimum Gasteiger partial charge on any atom is -0.360 e. The molecule has 0 spiro atoms. The summed E-state index contributed by atoms with van der Waals surface area (Å²) in [7, 11) is 0. The van der Waals surface area contributed by atoms with Gasteiger partial charge in [-0.1, -0.05) is 0 Å². The van der Waals surface area contributed by atoms with Crippen LogP contribution in [-0.4, -0.2) is 37.5 Å². The molecule has 0 atom stereocenters. The normalized spacial score (nSPS) is 12.2. The summed E-state index contributed by atoms with van der Waals surface area (Å²) >= 11 is 0. The van der Waals surface area contributed by atoms with E-state index in [-0.39, 0.29) is 17.8 Å². The van der Waals surface area contributed by atoms with Gasteiger partial charge in [-0.3, -0.25) is 4.68 Å². The molecule has 0 aliphatic rings. The lowest BCUT2D eigenvalue weighted by molar-refractivity contribution is -0.115. The van der Waals surface area contributed by atoms with Crippen LogP contribution in [0.4, 0.5) is 30.6 Å². The third-order valence-corrected chi connectivity index (χ3v) is 4.21. The van der Waals surface area contributed by atoms with E-state index in [9.17, 15) is 13.2 Å². The van der Waals surface area contributed by atoms with Crippen LogP contribution in [0.1, 0.15) is 19.9 Å². The van der Waals surface area contributed by atoms with Crippen molar-refractivity contribution < 1.29 is 13.2 Å². The number of benzene rings is 1. The number of nitrogens with one attached hydrogen (secondary N) is 3. The van der Waals surface area contributed by atoms with Crippen LogP contribution in [-0.2, 0) is 0 Å². The molecular weight excluding hydrogens is 371 g/mol. The molecule has 0 radical (unpaired) electrons. The van der Waals surface area contributed by atoms with Crippen molar-refractivity contribution in [2.45, 2.75) is 26.1 Å².